The Kier molecular flexibility index (Phi) is 8.67. The maximum Gasteiger partial charge on any atom is 0.413 e. The van der Waals surface area contributed by atoms with Gasteiger partial charge in [0.05, 0.1) is 40.0 Å². The molecule has 1 N–H and O–H groups in total. The average molecular weight is 568 g/mol. The number of carbonyl (C=O) groups excluding carboxylic acids is 1. The standard InChI is InChI=1S/C30H36F3N7O/c1-8-40-20(4)23(17-35-40)28(30(31,32)33)39(7)29(41)22-16-27(37-25-10-9-18(2)15-21(22)25)26-12-11-24(19(3)36-26)34-13-14-38(5)6/h9-12,15-17,28,34H,8,13-14H2,1-7H3. The Balaban J connectivity index is 1.79. The fourth-order valence-electron chi connectivity index (χ4n) is 4.91. The van der Waals surface area contributed by atoms with E-state index in [1.807, 2.05) is 40.1 Å². The predicted octanol–water partition coefficient (Wildman–Crippen LogP) is 5.79. The molecule has 0 radical (unpaired) electrons. The number of likely N-dealkylation sites (N-methyl/N-ethyl adjacent to an activating group) is 1. The number of hydrogen-bond acceptors (Lipinski definition) is 6. The highest BCUT2D eigenvalue weighted by Gasteiger charge is 2.47. The Labute approximate surface area is 238 Å². The highest BCUT2D eigenvalue weighted by atomic mass is 19.4. The largest absolute Gasteiger partial charge is 0.413 e. The number of anilines is 1. The molecule has 0 fully saturated rings. The number of carbonyl (C=O) groups is 1. The first-order valence-electron chi connectivity index (χ1n) is 13.5. The average Bonchev–Trinajstić information content (AvgIpc) is 3.27. The first-order chi connectivity index (χ1) is 19.3. The SMILES string of the molecule is CCn1ncc(C(N(C)C(=O)c2cc(-c3ccc(NCCN(C)C)c(C)n3)nc3ccc(C)cc23)C(F)(F)F)c1C. The Hall–Kier alpha value is -3.99. The number of nitrogens with zero attached hydrogens (tertiary/aromatic N) is 6. The van der Waals surface area contributed by atoms with Crippen molar-refractivity contribution in [2.45, 2.75) is 46.5 Å². The molecule has 1 amide bonds. The molecular formula is C30H36F3N7O. The van der Waals surface area contributed by atoms with Crippen LogP contribution >= 0.6 is 0 Å². The summed E-state index contributed by atoms with van der Waals surface area (Å²) in [6.07, 6.45) is -3.52. The molecule has 41 heavy (non-hydrogen) atoms. The van der Waals surface area contributed by atoms with Crippen LogP contribution in [0, 0.1) is 20.8 Å². The molecule has 1 unspecified atom stereocenters. The first-order valence-corrected chi connectivity index (χ1v) is 13.5. The van der Waals surface area contributed by atoms with Crippen molar-refractivity contribution in [2.24, 2.45) is 0 Å². The van der Waals surface area contributed by atoms with Gasteiger partial charge >= 0.3 is 6.18 Å². The summed E-state index contributed by atoms with van der Waals surface area (Å²) in [5, 5.41) is 7.93. The number of aryl methyl sites for hydroxylation is 3. The number of halogens is 3. The number of alkyl halides is 3. The van der Waals surface area contributed by atoms with Gasteiger partial charge < -0.3 is 15.1 Å². The summed E-state index contributed by atoms with van der Waals surface area (Å²) in [5.41, 5.74) is 4.33. The lowest BCUT2D eigenvalue weighted by atomic mass is 10.0. The van der Waals surface area contributed by atoms with Crippen LogP contribution in [0.4, 0.5) is 18.9 Å². The van der Waals surface area contributed by atoms with Gasteiger partial charge in [0, 0.05) is 43.3 Å². The molecule has 0 spiro atoms. The minimum absolute atomic E-state index is 0.0559. The highest BCUT2D eigenvalue weighted by Crippen LogP contribution is 2.39. The lowest BCUT2D eigenvalue weighted by molar-refractivity contribution is -0.176. The number of nitrogens with one attached hydrogen (secondary N) is 1. The molecule has 0 aliphatic rings. The quantitative estimate of drug-likeness (QED) is 0.276. The smallest absolute Gasteiger partial charge is 0.382 e. The van der Waals surface area contributed by atoms with E-state index >= 15 is 0 Å². The van der Waals surface area contributed by atoms with Gasteiger partial charge in [-0.15, -0.1) is 0 Å². The van der Waals surface area contributed by atoms with E-state index in [2.05, 4.69) is 15.3 Å². The van der Waals surface area contributed by atoms with E-state index < -0.39 is 18.1 Å². The van der Waals surface area contributed by atoms with Gasteiger partial charge in [0.2, 0.25) is 0 Å². The van der Waals surface area contributed by atoms with Crippen LogP contribution in [0.5, 0.6) is 0 Å². The maximum atomic E-state index is 14.5. The van der Waals surface area contributed by atoms with Crippen LogP contribution in [0.15, 0.2) is 42.6 Å². The number of rotatable bonds is 9. The van der Waals surface area contributed by atoms with Crippen LogP contribution in [0.1, 0.15) is 45.8 Å². The maximum absolute atomic E-state index is 14.5. The zero-order chi connectivity index (χ0) is 30.1. The highest BCUT2D eigenvalue weighted by molar-refractivity contribution is 6.07. The zero-order valence-corrected chi connectivity index (χ0v) is 24.5. The summed E-state index contributed by atoms with van der Waals surface area (Å²) in [6, 6.07) is 8.46. The number of aromatic nitrogens is 4. The first kappa shape index (κ1) is 30.0. The molecule has 11 heteroatoms. The molecule has 0 saturated heterocycles. The van der Waals surface area contributed by atoms with Crippen molar-refractivity contribution in [1.82, 2.24) is 29.5 Å². The molecule has 3 aromatic heterocycles. The van der Waals surface area contributed by atoms with E-state index in [1.54, 1.807) is 32.0 Å². The van der Waals surface area contributed by atoms with E-state index in [0.717, 1.165) is 34.9 Å². The molecule has 1 atom stereocenters. The molecule has 0 saturated carbocycles. The Bertz CT molecular complexity index is 1560. The third-order valence-corrected chi connectivity index (χ3v) is 7.17. The summed E-state index contributed by atoms with van der Waals surface area (Å²) in [5.74, 6) is -0.770. The van der Waals surface area contributed by atoms with Gasteiger partial charge in [-0.3, -0.25) is 9.48 Å². The summed E-state index contributed by atoms with van der Waals surface area (Å²) in [6.45, 7) is 9.13. The number of hydrogen-bond donors (Lipinski definition) is 1. The van der Waals surface area contributed by atoms with Gasteiger partial charge in [-0.05, 0) is 72.1 Å². The van der Waals surface area contributed by atoms with E-state index in [-0.39, 0.29) is 11.1 Å². The van der Waals surface area contributed by atoms with Crippen LogP contribution < -0.4 is 5.32 Å². The summed E-state index contributed by atoms with van der Waals surface area (Å²) in [4.78, 5) is 26.2. The van der Waals surface area contributed by atoms with Gasteiger partial charge in [0.1, 0.15) is 0 Å². The summed E-state index contributed by atoms with van der Waals surface area (Å²) in [7, 11) is 5.17. The molecule has 0 bridgehead atoms. The molecule has 8 nitrogen and oxygen atoms in total. The Morgan fingerprint density at radius 1 is 1.02 bits per heavy atom. The third kappa shape index (κ3) is 6.35. The minimum Gasteiger partial charge on any atom is -0.382 e. The third-order valence-electron chi connectivity index (χ3n) is 7.17. The summed E-state index contributed by atoms with van der Waals surface area (Å²) >= 11 is 0. The monoisotopic (exact) mass is 567 g/mol. The van der Waals surface area contributed by atoms with Gasteiger partial charge in [-0.2, -0.15) is 18.3 Å². The van der Waals surface area contributed by atoms with Crippen molar-refractivity contribution < 1.29 is 18.0 Å². The molecular weight excluding hydrogens is 531 g/mol. The zero-order valence-electron chi connectivity index (χ0n) is 24.5. The van der Waals surface area contributed by atoms with Crippen molar-refractivity contribution in [3.05, 3.63) is 70.7 Å². The predicted molar refractivity (Wildman–Crippen MR) is 155 cm³/mol. The fourth-order valence-corrected chi connectivity index (χ4v) is 4.91. The second-order valence-corrected chi connectivity index (χ2v) is 10.5. The van der Waals surface area contributed by atoms with Crippen LogP contribution in [0.2, 0.25) is 0 Å². The van der Waals surface area contributed by atoms with Crippen molar-refractivity contribution in [3.63, 3.8) is 0 Å². The molecule has 0 aliphatic heterocycles. The van der Waals surface area contributed by atoms with Crippen LogP contribution in [0.25, 0.3) is 22.3 Å². The normalized spacial score (nSPS) is 12.7. The van der Waals surface area contributed by atoms with Crippen LogP contribution in [-0.2, 0) is 6.54 Å². The topological polar surface area (TPSA) is 79.2 Å². The fraction of sp³-hybridized carbons (Fsp3) is 0.400. The molecule has 4 aromatic rings. The molecule has 4 rings (SSSR count). The van der Waals surface area contributed by atoms with Crippen LogP contribution in [-0.4, -0.2) is 75.9 Å². The van der Waals surface area contributed by atoms with Crippen molar-refractivity contribution in [1.29, 1.82) is 0 Å². The lowest BCUT2D eigenvalue weighted by Crippen LogP contribution is -2.40. The van der Waals surface area contributed by atoms with Crippen molar-refractivity contribution >= 4 is 22.5 Å². The number of benzene rings is 1. The Morgan fingerprint density at radius 3 is 2.37 bits per heavy atom. The molecule has 218 valence electrons. The van der Waals surface area contributed by atoms with E-state index in [9.17, 15) is 18.0 Å². The molecule has 1 aromatic carbocycles. The van der Waals surface area contributed by atoms with E-state index in [1.165, 1.54) is 24.0 Å². The molecule has 0 aliphatic carbocycles. The second-order valence-electron chi connectivity index (χ2n) is 10.5. The number of amides is 1. The number of fused-ring (bicyclic) bond motifs is 1. The summed E-state index contributed by atoms with van der Waals surface area (Å²) < 4.78 is 45.0. The van der Waals surface area contributed by atoms with Gasteiger partial charge in [-0.1, -0.05) is 11.6 Å². The van der Waals surface area contributed by atoms with Gasteiger partial charge in [-0.25, -0.2) is 9.97 Å². The number of pyridine rings is 2. The van der Waals surface area contributed by atoms with E-state index in [0.29, 0.717) is 34.5 Å². The van der Waals surface area contributed by atoms with Gasteiger partial charge in [0.25, 0.3) is 5.91 Å². The second kappa shape index (κ2) is 11.9. The van der Waals surface area contributed by atoms with Crippen molar-refractivity contribution in [2.75, 3.05) is 39.5 Å². The minimum atomic E-state index is -4.72. The molecule has 3 heterocycles. The Morgan fingerprint density at radius 2 is 1.76 bits per heavy atom. The van der Waals surface area contributed by atoms with Crippen molar-refractivity contribution in [3.8, 4) is 11.4 Å². The van der Waals surface area contributed by atoms with Gasteiger partial charge in [0.15, 0.2) is 6.04 Å². The lowest BCUT2D eigenvalue weighted by Gasteiger charge is -2.30. The van der Waals surface area contributed by atoms with E-state index in [4.69, 9.17) is 9.97 Å². The van der Waals surface area contributed by atoms with Crippen LogP contribution in [0.3, 0.4) is 0 Å².